The minimum Gasteiger partial charge on any atom is -0.316 e. The summed E-state index contributed by atoms with van der Waals surface area (Å²) < 4.78 is 24.6. The molecule has 1 N–H and O–H groups in total. The van der Waals surface area contributed by atoms with Crippen LogP contribution in [0, 0.1) is 5.82 Å². The van der Waals surface area contributed by atoms with Crippen LogP contribution in [0.4, 0.5) is 4.39 Å². The van der Waals surface area contributed by atoms with Gasteiger partial charge in [0, 0.05) is 17.2 Å². The maximum absolute atomic E-state index is 12.9. The van der Waals surface area contributed by atoms with Gasteiger partial charge in [0.05, 0.1) is 15.8 Å². The zero-order valence-electron chi connectivity index (χ0n) is 9.13. The van der Waals surface area contributed by atoms with Gasteiger partial charge < -0.3 is 5.32 Å². The second-order valence-electron chi connectivity index (χ2n) is 3.38. The zero-order valence-corrected chi connectivity index (χ0v) is 10.7. The summed E-state index contributed by atoms with van der Waals surface area (Å²) in [5.41, 5.74) is 0. The molecule has 0 aliphatic heterocycles. The van der Waals surface area contributed by atoms with Crippen LogP contribution in [0.2, 0.25) is 5.02 Å². The molecule has 0 fully saturated rings. The molecule has 1 unspecified atom stereocenters. The molecule has 16 heavy (non-hydrogen) atoms. The Morgan fingerprint density at radius 1 is 1.44 bits per heavy atom. The minimum absolute atomic E-state index is 0.0207. The van der Waals surface area contributed by atoms with Gasteiger partial charge in [-0.2, -0.15) is 0 Å². The topological polar surface area (TPSA) is 29.1 Å². The molecule has 0 aliphatic rings. The summed E-state index contributed by atoms with van der Waals surface area (Å²) in [5, 5.41) is 3.18. The first kappa shape index (κ1) is 13.6. The lowest BCUT2D eigenvalue weighted by Crippen LogP contribution is -2.21. The van der Waals surface area contributed by atoms with E-state index >= 15 is 0 Å². The van der Waals surface area contributed by atoms with Crippen LogP contribution < -0.4 is 5.32 Å². The van der Waals surface area contributed by atoms with Gasteiger partial charge in [0.15, 0.2) is 0 Å². The van der Waals surface area contributed by atoms with Gasteiger partial charge in [0.2, 0.25) is 0 Å². The van der Waals surface area contributed by atoms with Crippen molar-refractivity contribution >= 4 is 22.4 Å². The van der Waals surface area contributed by atoms with Gasteiger partial charge in [-0.1, -0.05) is 18.5 Å². The number of hydrogen-bond acceptors (Lipinski definition) is 2. The summed E-state index contributed by atoms with van der Waals surface area (Å²) in [6.45, 7) is 3.68. The summed E-state index contributed by atoms with van der Waals surface area (Å²) in [6.07, 6.45) is 1.05. The highest BCUT2D eigenvalue weighted by Gasteiger charge is 2.06. The molecule has 90 valence electrons. The van der Waals surface area contributed by atoms with E-state index in [-0.39, 0.29) is 5.02 Å². The molecule has 0 saturated carbocycles. The Hall–Kier alpha value is -0.450. The van der Waals surface area contributed by atoms with Gasteiger partial charge in [-0.05, 0) is 31.2 Å². The largest absolute Gasteiger partial charge is 0.316 e. The van der Waals surface area contributed by atoms with Crippen LogP contribution in [0.5, 0.6) is 0 Å². The average molecular weight is 264 g/mol. The Morgan fingerprint density at radius 3 is 2.81 bits per heavy atom. The second kappa shape index (κ2) is 6.99. The SMILES string of the molecule is CCCNCCS(=O)c1ccc(F)c(Cl)c1. The summed E-state index contributed by atoms with van der Waals surface area (Å²) in [5.74, 6) is 0.0358. The van der Waals surface area contributed by atoms with E-state index in [1.165, 1.54) is 18.2 Å². The van der Waals surface area contributed by atoms with Crippen molar-refractivity contribution in [3.05, 3.63) is 29.0 Å². The zero-order chi connectivity index (χ0) is 12.0. The minimum atomic E-state index is -1.12. The summed E-state index contributed by atoms with van der Waals surface area (Å²) in [4.78, 5) is 0.574. The fourth-order valence-corrected chi connectivity index (χ4v) is 2.48. The summed E-state index contributed by atoms with van der Waals surface area (Å²) >= 11 is 5.62. The molecule has 0 radical (unpaired) electrons. The van der Waals surface area contributed by atoms with E-state index in [4.69, 9.17) is 11.6 Å². The van der Waals surface area contributed by atoms with E-state index < -0.39 is 16.6 Å². The van der Waals surface area contributed by atoms with Crippen molar-refractivity contribution in [2.75, 3.05) is 18.8 Å². The lowest BCUT2D eigenvalue weighted by molar-refractivity contribution is 0.626. The first-order valence-corrected chi connectivity index (χ1v) is 6.89. The van der Waals surface area contributed by atoms with Crippen molar-refractivity contribution in [3.63, 3.8) is 0 Å². The van der Waals surface area contributed by atoms with E-state index in [1.54, 1.807) is 0 Å². The first-order chi connectivity index (χ1) is 7.65. The van der Waals surface area contributed by atoms with E-state index in [0.29, 0.717) is 17.2 Å². The molecule has 0 aromatic heterocycles. The van der Waals surface area contributed by atoms with Crippen LogP contribution in [0.25, 0.3) is 0 Å². The average Bonchev–Trinajstić information content (AvgIpc) is 2.28. The highest BCUT2D eigenvalue weighted by Crippen LogP contribution is 2.18. The summed E-state index contributed by atoms with van der Waals surface area (Å²) in [7, 11) is -1.12. The van der Waals surface area contributed by atoms with Crippen LogP contribution in [0.15, 0.2) is 23.1 Å². The number of hydrogen-bond donors (Lipinski definition) is 1. The molecule has 0 amide bonds. The monoisotopic (exact) mass is 263 g/mol. The Balaban J connectivity index is 2.50. The molecule has 0 heterocycles. The van der Waals surface area contributed by atoms with E-state index in [0.717, 1.165) is 13.0 Å². The Kier molecular flexibility index (Phi) is 5.95. The highest BCUT2D eigenvalue weighted by molar-refractivity contribution is 7.85. The number of nitrogens with one attached hydrogen (secondary N) is 1. The molecule has 1 aromatic carbocycles. The van der Waals surface area contributed by atoms with E-state index in [2.05, 4.69) is 12.2 Å². The van der Waals surface area contributed by atoms with Crippen molar-refractivity contribution in [2.24, 2.45) is 0 Å². The van der Waals surface area contributed by atoms with E-state index in [1.807, 2.05) is 0 Å². The van der Waals surface area contributed by atoms with Crippen LogP contribution in [-0.2, 0) is 10.8 Å². The molecule has 0 bridgehead atoms. The van der Waals surface area contributed by atoms with Crippen LogP contribution >= 0.6 is 11.6 Å². The second-order valence-corrected chi connectivity index (χ2v) is 5.35. The third kappa shape index (κ3) is 4.20. The molecule has 5 heteroatoms. The van der Waals surface area contributed by atoms with Gasteiger partial charge in [0.25, 0.3) is 0 Å². The number of benzene rings is 1. The van der Waals surface area contributed by atoms with Crippen LogP contribution in [0.1, 0.15) is 13.3 Å². The smallest absolute Gasteiger partial charge is 0.141 e. The van der Waals surface area contributed by atoms with Crippen molar-refractivity contribution in [2.45, 2.75) is 18.2 Å². The fourth-order valence-electron chi connectivity index (χ4n) is 1.20. The lowest BCUT2D eigenvalue weighted by Gasteiger charge is -2.04. The van der Waals surface area contributed by atoms with Crippen molar-refractivity contribution in [1.29, 1.82) is 0 Å². The first-order valence-electron chi connectivity index (χ1n) is 5.19. The van der Waals surface area contributed by atoms with Gasteiger partial charge in [0.1, 0.15) is 5.82 Å². The molecule has 0 aliphatic carbocycles. The Bertz CT molecular complexity index is 373. The standard InChI is InChI=1S/C11H15ClFNOS/c1-2-5-14-6-7-16(15)9-3-4-11(13)10(12)8-9/h3-4,8,14H,2,5-7H2,1H3. The maximum atomic E-state index is 12.9. The normalized spacial score (nSPS) is 12.7. The summed E-state index contributed by atoms with van der Waals surface area (Å²) in [6, 6.07) is 4.18. The van der Waals surface area contributed by atoms with Crippen LogP contribution in [0.3, 0.4) is 0 Å². The van der Waals surface area contributed by atoms with Gasteiger partial charge in [-0.3, -0.25) is 4.21 Å². The molecule has 1 rings (SSSR count). The number of halogens is 2. The molecule has 0 saturated heterocycles. The molecular formula is C11H15ClFNOS. The molecule has 2 nitrogen and oxygen atoms in total. The maximum Gasteiger partial charge on any atom is 0.141 e. The Morgan fingerprint density at radius 2 is 2.19 bits per heavy atom. The fraction of sp³-hybridized carbons (Fsp3) is 0.455. The van der Waals surface area contributed by atoms with E-state index in [9.17, 15) is 8.60 Å². The third-order valence-electron chi connectivity index (χ3n) is 2.04. The van der Waals surface area contributed by atoms with Gasteiger partial charge >= 0.3 is 0 Å². The van der Waals surface area contributed by atoms with Gasteiger partial charge in [-0.25, -0.2) is 4.39 Å². The highest BCUT2D eigenvalue weighted by atomic mass is 35.5. The van der Waals surface area contributed by atoms with Crippen molar-refractivity contribution < 1.29 is 8.60 Å². The number of rotatable bonds is 6. The van der Waals surface area contributed by atoms with Crippen molar-refractivity contribution in [1.82, 2.24) is 5.32 Å². The molecule has 0 spiro atoms. The molecule has 1 aromatic rings. The molecular weight excluding hydrogens is 249 g/mol. The van der Waals surface area contributed by atoms with Crippen molar-refractivity contribution in [3.8, 4) is 0 Å². The van der Waals surface area contributed by atoms with Crippen LogP contribution in [-0.4, -0.2) is 23.1 Å². The lowest BCUT2D eigenvalue weighted by atomic mass is 10.3. The third-order valence-corrected chi connectivity index (χ3v) is 3.69. The van der Waals surface area contributed by atoms with Gasteiger partial charge in [-0.15, -0.1) is 0 Å². The molecule has 1 atom stereocenters. The Labute approximate surface area is 103 Å². The predicted molar refractivity (Wildman–Crippen MR) is 65.8 cm³/mol. The quantitative estimate of drug-likeness (QED) is 0.800. The predicted octanol–water partition coefficient (Wildman–Crippen LogP) is 2.59.